The average Bonchev–Trinajstić information content (AvgIpc) is 2.38. The Bertz CT molecular complexity index is 730. The lowest BCUT2D eigenvalue weighted by Gasteiger charge is -2.20. The monoisotopic (exact) mass is 257 g/mol. The highest BCUT2D eigenvalue weighted by Crippen LogP contribution is 2.26. The van der Waals surface area contributed by atoms with Crippen LogP contribution >= 0.6 is 0 Å². The van der Waals surface area contributed by atoms with E-state index in [1.54, 1.807) is 6.07 Å². The minimum absolute atomic E-state index is 0.0257. The number of carbonyl (C=O) groups is 1. The van der Waals surface area contributed by atoms with E-state index >= 15 is 0 Å². The summed E-state index contributed by atoms with van der Waals surface area (Å²) in [7, 11) is 0. The molecule has 19 heavy (non-hydrogen) atoms. The van der Waals surface area contributed by atoms with E-state index in [4.69, 9.17) is 10.2 Å². The maximum absolute atomic E-state index is 12.4. The molecule has 2 N–H and O–H groups in total. The zero-order valence-corrected chi connectivity index (χ0v) is 10.7. The molecule has 0 spiro atoms. The molecule has 0 bridgehead atoms. The SMILES string of the molecule is Cc1ccc2c(=O)c3c(oc2c1)CCC(C(N)=O)C3. The summed E-state index contributed by atoms with van der Waals surface area (Å²) in [6, 6.07) is 5.54. The topological polar surface area (TPSA) is 73.3 Å². The Morgan fingerprint density at radius 1 is 1.42 bits per heavy atom. The third-order valence-corrected chi connectivity index (χ3v) is 3.80. The number of primary amides is 1. The van der Waals surface area contributed by atoms with Crippen molar-refractivity contribution in [1.29, 1.82) is 0 Å². The fourth-order valence-electron chi connectivity index (χ4n) is 2.69. The van der Waals surface area contributed by atoms with E-state index in [1.165, 1.54) is 0 Å². The van der Waals surface area contributed by atoms with E-state index in [-0.39, 0.29) is 17.3 Å². The molecular formula is C15H15NO3. The lowest BCUT2D eigenvalue weighted by Crippen LogP contribution is -2.31. The number of nitrogens with two attached hydrogens (primary N) is 1. The summed E-state index contributed by atoms with van der Waals surface area (Å²) in [5.41, 5.74) is 7.61. The van der Waals surface area contributed by atoms with Crippen LogP contribution in [0.25, 0.3) is 11.0 Å². The van der Waals surface area contributed by atoms with E-state index in [0.717, 1.165) is 5.56 Å². The predicted molar refractivity (Wildman–Crippen MR) is 71.9 cm³/mol. The van der Waals surface area contributed by atoms with Crippen LogP contribution in [0.2, 0.25) is 0 Å². The highest BCUT2D eigenvalue weighted by Gasteiger charge is 2.27. The molecule has 0 fully saturated rings. The third kappa shape index (κ3) is 1.93. The van der Waals surface area contributed by atoms with Crippen LogP contribution in [0.1, 0.15) is 23.3 Å². The molecule has 2 aromatic rings. The first-order valence-electron chi connectivity index (χ1n) is 6.41. The van der Waals surface area contributed by atoms with Crippen molar-refractivity contribution in [1.82, 2.24) is 0 Å². The van der Waals surface area contributed by atoms with Crippen LogP contribution in [0.5, 0.6) is 0 Å². The Morgan fingerprint density at radius 2 is 2.21 bits per heavy atom. The van der Waals surface area contributed by atoms with E-state index in [2.05, 4.69) is 0 Å². The number of hydrogen-bond acceptors (Lipinski definition) is 3. The van der Waals surface area contributed by atoms with Crippen LogP contribution < -0.4 is 11.2 Å². The van der Waals surface area contributed by atoms with Crippen molar-refractivity contribution in [3.63, 3.8) is 0 Å². The summed E-state index contributed by atoms with van der Waals surface area (Å²) < 4.78 is 5.82. The molecule has 1 amide bonds. The summed E-state index contributed by atoms with van der Waals surface area (Å²) in [5, 5.41) is 0.578. The normalized spacial score (nSPS) is 18.3. The van der Waals surface area contributed by atoms with Gasteiger partial charge in [-0.1, -0.05) is 6.07 Å². The van der Waals surface area contributed by atoms with Gasteiger partial charge in [0.2, 0.25) is 5.91 Å². The molecule has 3 rings (SSSR count). The van der Waals surface area contributed by atoms with Gasteiger partial charge in [-0.05, 0) is 37.5 Å². The van der Waals surface area contributed by atoms with Gasteiger partial charge in [0.05, 0.1) is 5.39 Å². The first-order chi connectivity index (χ1) is 9.06. The molecule has 1 aromatic heterocycles. The first kappa shape index (κ1) is 12.0. The van der Waals surface area contributed by atoms with Gasteiger partial charge < -0.3 is 10.2 Å². The summed E-state index contributed by atoms with van der Waals surface area (Å²) in [5.74, 6) is 0.118. The van der Waals surface area contributed by atoms with Crippen LogP contribution in [0.3, 0.4) is 0 Å². The summed E-state index contributed by atoms with van der Waals surface area (Å²) in [6.07, 6.45) is 1.65. The Kier molecular flexibility index (Phi) is 2.66. The van der Waals surface area contributed by atoms with Gasteiger partial charge in [-0.25, -0.2) is 0 Å². The fraction of sp³-hybridized carbons (Fsp3) is 0.333. The quantitative estimate of drug-likeness (QED) is 0.844. The molecule has 98 valence electrons. The van der Waals surface area contributed by atoms with Gasteiger partial charge in [0.25, 0.3) is 0 Å². The summed E-state index contributed by atoms with van der Waals surface area (Å²) in [6.45, 7) is 1.96. The van der Waals surface area contributed by atoms with Gasteiger partial charge in [0.15, 0.2) is 5.43 Å². The zero-order chi connectivity index (χ0) is 13.6. The smallest absolute Gasteiger partial charge is 0.220 e. The fourth-order valence-corrected chi connectivity index (χ4v) is 2.69. The number of rotatable bonds is 1. The van der Waals surface area contributed by atoms with Gasteiger partial charge in [-0.2, -0.15) is 0 Å². The van der Waals surface area contributed by atoms with E-state index in [9.17, 15) is 9.59 Å². The molecule has 1 aliphatic carbocycles. The number of benzene rings is 1. The van der Waals surface area contributed by atoms with Gasteiger partial charge >= 0.3 is 0 Å². The minimum atomic E-state index is -0.339. The molecule has 0 saturated carbocycles. The second-order valence-corrected chi connectivity index (χ2v) is 5.17. The number of amides is 1. The molecule has 0 aliphatic heterocycles. The highest BCUT2D eigenvalue weighted by molar-refractivity contribution is 5.80. The predicted octanol–water partition coefficient (Wildman–Crippen LogP) is 1.69. The highest BCUT2D eigenvalue weighted by atomic mass is 16.3. The summed E-state index contributed by atoms with van der Waals surface area (Å²) >= 11 is 0. The summed E-state index contributed by atoms with van der Waals surface area (Å²) in [4.78, 5) is 23.7. The lowest BCUT2D eigenvalue weighted by atomic mass is 9.86. The molecule has 0 radical (unpaired) electrons. The molecular weight excluding hydrogens is 242 g/mol. The van der Waals surface area contributed by atoms with E-state index in [1.807, 2.05) is 19.1 Å². The number of carbonyl (C=O) groups excluding carboxylic acids is 1. The second kappa shape index (κ2) is 4.23. The molecule has 1 atom stereocenters. The Hall–Kier alpha value is -2.10. The van der Waals surface area contributed by atoms with Crippen LogP contribution in [-0.4, -0.2) is 5.91 Å². The van der Waals surface area contributed by atoms with Crippen LogP contribution in [-0.2, 0) is 17.6 Å². The average molecular weight is 257 g/mol. The second-order valence-electron chi connectivity index (χ2n) is 5.17. The van der Waals surface area contributed by atoms with Crippen molar-refractivity contribution in [2.45, 2.75) is 26.2 Å². The number of hydrogen-bond donors (Lipinski definition) is 1. The zero-order valence-electron chi connectivity index (χ0n) is 10.7. The van der Waals surface area contributed by atoms with Gasteiger partial charge in [-0.3, -0.25) is 9.59 Å². The van der Waals surface area contributed by atoms with Crippen molar-refractivity contribution in [3.05, 3.63) is 45.3 Å². The van der Waals surface area contributed by atoms with Crippen molar-refractivity contribution in [2.75, 3.05) is 0 Å². The van der Waals surface area contributed by atoms with Crippen molar-refractivity contribution in [3.8, 4) is 0 Å². The lowest BCUT2D eigenvalue weighted by molar-refractivity contribution is -0.122. The van der Waals surface area contributed by atoms with Gasteiger partial charge in [0.1, 0.15) is 11.3 Å². The maximum atomic E-state index is 12.4. The van der Waals surface area contributed by atoms with Crippen molar-refractivity contribution < 1.29 is 9.21 Å². The van der Waals surface area contributed by atoms with Crippen molar-refractivity contribution in [2.24, 2.45) is 11.7 Å². The van der Waals surface area contributed by atoms with E-state index in [0.29, 0.717) is 41.6 Å². The Labute approximate surface area is 110 Å². The van der Waals surface area contributed by atoms with Crippen LogP contribution in [0.15, 0.2) is 27.4 Å². The molecule has 4 nitrogen and oxygen atoms in total. The standard InChI is InChI=1S/C15H15NO3/c1-8-2-4-10-13(6-8)19-12-5-3-9(15(16)18)7-11(12)14(10)17/h2,4,6,9H,3,5,7H2,1H3,(H2,16,18). The molecule has 1 heterocycles. The first-order valence-corrected chi connectivity index (χ1v) is 6.41. The number of aryl methyl sites for hydroxylation is 2. The van der Waals surface area contributed by atoms with E-state index < -0.39 is 0 Å². The molecule has 1 unspecified atom stereocenters. The molecule has 1 aromatic carbocycles. The Morgan fingerprint density at radius 3 is 2.95 bits per heavy atom. The molecule has 0 saturated heterocycles. The van der Waals surface area contributed by atoms with Crippen molar-refractivity contribution >= 4 is 16.9 Å². The number of fused-ring (bicyclic) bond motifs is 2. The third-order valence-electron chi connectivity index (χ3n) is 3.80. The van der Waals surface area contributed by atoms with Gasteiger partial charge in [0, 0.05) is 17.9 Å². The maximum Gasteiger partial charge on any atom is 0.220 e. The molecule has 1 aliphatic rings. The van der Waals surface area contributed by atoms with Crippen LogP contribution in [0.4, 0.5) is 0 Å². The Balaban J connectivity index is 2.20. The molecule has 4 heteroatoms. The largest absolute Gasteiger partial charge is 0.461 e. The minimum Gasteiger partial charge on any atom is -0.461 e. The van der Waals surface area contributed by atoms with Crippen LogP contribution in [0, 0.1) is 12.8 Å². The van der Waals surface area contributed by atoms with Gasteiger partial charge in [-0.15, -0.1) is 0 Å².